The van der Waals surface area contributed by atoms with Gasteiger partial charge in [-0.05, 0) is 35.4 Å². The maximum absolute atomic E-state index is 12.1. The number of nitrogens with zero attached hydrogens (tertiary/aromatic N) is 1. The molecule has 0 saturated heterocycles. The normalized spacial score (nSPS) is 10.5. The lowest BCUT2D eigenvalue weighted by Crippen LogP contribution is -2.24. The molecule has 7 heteroatoms. The van der Waals surface area contributed by atoms with Crippen LogP contribution in [0.3, 0.4) is 0 Å². The van der Waals surface area contributed by atoms with Crippen LogP contribution in [0.15, 0.2) is 77.9 Å². The van der Waals surface area contributed by atoms with E-state index in [1.807, 2.05) is 54.6 Å². The molecule has 0 bridgehead atoms. The van der Waals surface area contributed by atoms with Crippen molar-refractivity contribution in [2.24, 2.45) is 5.10 Å². The number of amides is 1. The molecule has 3 rings (SSSR count). The molecule has 0 saturated carbocycles. The van der Waals surface area contributed by atoms with Crippen molar-refractivity contribution in [1.29, 1.82) is 0 Å². The van der Waals surface area contributed by atoms with Crippen LogP contribution in [0.2, 0.25) is 0 Å². The van der Waals surface area contributed by atoms with Gasteiger partial charge in [0.1, 0.15) is 5.75 Å². The fourth-order valence-corrected chi connectivity index (χ4v) is 2.81. The summed E-state index contributed by atoms with van der Waals surface area (Å²) in [6.07, 6.45) is 1.45. The fourth-order valence-electron chi connectivity index (χ4n) is 2.81. The minimum Gasteiger partial charge on any atom is -0.493 e. The third-order valence-electron chi connectivity index (χ3n) is 4.17. The van der Waals surface area contributed by atoms with Crippen LogP contribution in [0, 0.1) is 0 Å². The second-order valence-electron chi connectivity index (χ2n) is 6.45. The Hall–Kier alpha value is -4.13. The van der Waals surface area contributed by atoms with E-state index >= 15 is 0 Å². The number of hydrogen-bond donors (Lipinski definition) is 1. The lowest BCUT2D eigenvalue weighted by atomic mass is 10.1. The molecule has 0 spiro atoms. The average molecular weight is 418 g/mol. The summed E-state index contributed by atoms with van der Waals surface area (Å²) < 4.78 is 15.9. The predicted octanol–water partition coefficient (Wildman–Crippen LogP) is 3.82. The van der Waals surface area contributed by atoms with E-state index in [1.54, 1.807) is 18.2 Å². The summed E-state index contributed by atoms with van der Waals surface area (Å²) in [4.78, 5) is 23.2. The van der Waals surface area contributed by atoms with Gasteiger partial charge in [-0.2, -0.15) is 5.10 Å². The molecule has 0 aromatic heterocycles. The molecule has 0 fully saturated rings. The number of methoxy groups -OCH3 is 1. The monoisotopic (exact) mass is 418 g/mol. The van der Waals surface area contributed by atoms with Crippen molar-refractivity contribution in [1.82, 2.24) is 5.43 Å². The molecule has 0 atom stereocenters. The second kappa shape index (κ2) is 10.6. The van der Waals surface area contributed by atoms with E-state index in [1.165, 1.54) is 20.2 Å². The van der Waals surface area contributed by atoms with Gasteiger partial charge in [0.05, 0.1) is 13.3 Å². The van der Waals surface area contributed by atoms with Crippen LogP contribution >= 0.6 is 0 Å². The predicted molar refractivity (Wildman–Crippen MR) is 117 cm³/mol. The lowest BCUT2D eigenvalue weighted by Gasteiger charge is -2.11. The molecule has 0 aliphatic heterocycles. The SMILES string of the molecule is COc1cc(/C=N/NC(=O)COc2ccccc2-c2ccccc2)ccc1OC(C)=O. The zero-order valence-electron chi connectivity index (χ0n) is 17.2. The minimum atomic E-state index is -0.444. The topological polar surface area (TPSA) is 86.2 Å². The van der Waals surface area contributed by atoms with Gasteiger partial charge in [-0.1, -0.05) is 48.5 Å². The highest BCUT2D eigenvalue weighted by Crippen LogP contribution is 2.29. The molecule has 0 radical (unpaired) electrons. The smallest absolute Gasteiger partial charge is 0.308 e. The van der Waals surface area contributed by atoms with Gasteiger partial charge in [0.25, 0.3) is 5.91 Å². The Labute approximate surface area is 180 Å². The summed E-state index contributed by atoms with van der Waals surface area (Å²) in [6, 6.07) is 22.2. The van der Waals surface area contributed by atoms with Gasteiger partial charge < -0.3 is 14.2 Å². The Bertz CT molecular complexity index is 1080. The number of carbonyl (C=O) groups is 2. The van der Waals surface area contributed by atoms with Gasteiger partial charge in [-0.25, -0.2) is 5.43 Å². The van der Waals surface area contributed by atoms with Crippen molar-refractivity contribution in [3.63, 3.8) is 0 Å². The zero-order valence-corrected chi connectivity index (χ0v) is 17.2. The first-order valence-corrected chi connectivity index (χ1v) is 9.52. The van der Waals surface area contributed by atoms with Crippen molar-refractivity contribution >= 4 is 18.1 Å². The lowest BCUT2D eigenvalue weighted by molar-refractivity contribution is -0.132. The molecule has 7 nitrogen and oxygen atoms in total. The molecule has 3 aromatic carbocycles. The van der Waals surface area contributed by atoms with Gasteiger partial charge >= 0.3 is 5.97 Å². The Morgan fingerprint density at radius 3 is 2.42 bits per heavy atom. The molecule has 0 aliphatic carbocycles. The highest BCUT2D eigenvalue weighted by molar-refractivity contribution is 5.84. The molecule has 0 heterocycles. The number of para-hydroxylation sites is 1. The number of benzene rings is 3. The molecule has 3 aromatic rings. The molecule has 1 amide bonds. The number of rotatable bonds is 8. The largest absolute Gasteiger partial charge is 0.493 e. The van der Waals surface area contributed by atoms with E-state index in [2.05, 4.69) is 10.5 Å². The summed E-state index contributed by atoms with van der Waals surface area (Å²) >= 11 is 0. The van der Waals surface area contributed by atoms with Crippen molar-refractivity contribution in [3.8, 4) is 28.4 Å². The van der Waals surface area contributed by atoms with E-state index < -0.39 is 11.9 Å². The van der Waals surface area contributed by atoms with Gasteiger partial charge in [0.15, 0.2) is 18.1 Å². The van der Waals surface area contributed by atoms with Crippen LogP contribution in [-0.2, 0) is 9.59 Å². The first kappa shape index (κ1) is 21.6. The number of hydrogen-bond acceptors (Lipinski definition) is 6. The van der Waals surface area contributed by atoms with Gasteiger partial charge in [0, 0.05) is 12.5 Å². The van der Waals surface area contributed by atoms with E-state index in [9.17, 15) is 9.59 Å². The molecule has 158 valence electrons. The molecular weight excluding hydrogens is 396 g/mol. The number of esters is 1. The van der Waals surface area contributed by atoms with Crippen LogP contribution in [0.4, 0.5) is 0 Å². The summed E-state index contributed by atoms with van der Waals surface area (Å²) in [6.45, 7) is 1.13. The standard InChI is InChI=1S/C24H22N2O5/c1-17(27)31-22-13-12-18(14-23(22)29-2)15-25-26-24(28)16-30-21-11-7-6-10-20(21)19-8-4-3-5-9-19/h3-15H,16H2,1-2H3,(H,26,28)/b25-15+. The molecule has 0 unspecified atom stereocenters. The summed E-state index contributed by atoms with van der Waals surface area (Å²) in [5.41, 5.74) is 4.98. The first-order valence-electron chi connectivity index (χ1n) is 9.52. The van der Waals surface area contributed by atoms with Crippen LogP contribution in [0.5, 0.6) is 17.2 Å². The van der Waals surface area contributed by atoms with E-state index in [-0.39, 0.29) is 6.61 Å². The van der Waals surface area contributed by atoms with E-state index in [4.69, 9.17) is 14.2 Å². The van der Waals surface area contributed by atoms with Crippen molar-refractivity contribution in [2.45, 2.75) is 6.92 Å². The number of carbonyl (C=O) groups excluding carboxylic acids is 2. The maximum Gasteiger partial charge on any atom is 0.308 e. The Morgan fingerprint density at radius 1 is 0.935 bits per heavy atom. The maximum atomic E-state index is 12.1. The highest BCUT2D eigenvalue weighted by atomic mass is 16.6. The Balaban J connectivity index is 1.58. The van der Waals surface area contributed by atoms with Crippen molar-refractivity contribution < 1.29 is 23.8 Å². The summed E-state index contributed by atoms with van der Waals surface area (Å²) in [7, 11) is 1.47. The van der Waals surface area contributed by atoms with Gasteiger partial charge in [-0.15, -0.1) is 0 Å². The third-order valence-corrected chi connectivity index (χ3v) is 4.17. The quantitative estimate of drug-likeness (QED) is 0.260. The average Bonchev–Trinajstić information content (AvgIpc) is 2.79. The van der Waals surface area contributed by atoms with Gasteiger partial charge in [0.2, 0.25) is 0 Å². The Kier molecular flexibility index (Phi) is 7.37. The number of nitrogens with one attached hydrogen (secondary N) is 1. The molecule has 0 aliphatic rings. The van der Waals surface area contributed by atoms with Crippen molar-refractivity contribution in [3.05, 3.63) is 78.4 Å². The van der Waals surface area contributed by atoms with Crippen LogP contribution < -0.4 is 19.6 Å². The Morgan fingerprint density at radius 2 is 1.68 bits per heavy atom. The molecule has 1 N–H and O–H groups in total. The zero-order chi connectivity index (χ0) is 22.1. The molecular formula is C24H22N2O5. The van der Waals surface area contributed by atoms with Crippen LogP contribution in [0.1, 0.15) is 12.5 Å². The van der Waals surface area contributed by atoms with Crippen LogP contribution in [-0.4, -0.2) is 31.8 Å². The molecule has 31 heavy (non-hydrogen) atoms. The number of ether oxygens (including phenoxy) is 3. The third kappa shape index (κ3) is 6.17. The van der Waals surface area contributed by atoms with Crippen molar-refractivity contribution in [2.75, 3.05) is 13.7 Å². The van der Waals surface area contributed by atoms with Gasteiger partial charge in [-0.3, -0.25) is 9.59 Å². The first-order chi connectivity index (χ1) is 15.1. The number of hydrazone groups is 1. The minimum absolute atomic E-state index is 0.185. The van der Waals surface area contributed by atoms with E-state index in [0.717, 1.165) is 11.1 Å². The second-order valence-corrected chi connectivity index (χ2v) is 6.45. The summed E-state index contributed by atoms with van der Waals surface area (Å²) in [5.74, 6) is 0.454. The summed E-state index contributed by atoms with van der Waals surface area (Å²) in [5, 5.41) is 3.93. The highest BCUT2D eigenvalue weighted by Gasteiger charge is 2.09. The van der Waals surface area contributed by atoms with E-state index in [0.29, 0.717) is 22.8 Å². The fraction of sp³-hybridized carbons (Fsp3) is 0.125. The van der Waals surface area contributed by atoms with Crippen LogP contribution in [0.25, 0.3) is 11.1 Å².